The van der Waals surface area contributed by atoms with Crippen molar-refractivity contribution in [3.63, 3.8) is 0 Å². The first-order valence-electron chi connectivity index (χ1n) is 4.26. The van der Waals surface area contributed by atoms with Gasteiger partial charge in [-0.25, -0.2) is 0 Å². The van der Waals surface area contributed by atoms with Crippen LogP contribution in [0.25, 0.3) is 0 Å². The van der Waals surface area contributed by atoms with E-state index >= 15 is 0 Å². The first kappa shape index (κ1) is 14.6. The third-order valence-electron chi connectivity index (χ3n) is 1.99. The van der Waals surface area contributed by atoms with Crippen LogP contribution in [0, 0.1) is 3.57 Å². The number of rotatable bonds is 3. The van der Waals surface area contributed by atoms with Gasteiger partial charge in [0, 0.05) is 14.7 Å². The van der Waals surface area contributed by atoms with Crippen molar-refractivity contribution in [2.75, 3.05) is 5.33 Å². The SMILES string of the molecule is O=Cc1cc(I)c(C(F)(F)F)cc1C(=O)CBr. The molecule has 7 heteroatoms. The number of halogens is 5. The Labute approximate surface area is 117 Å². The summed E-state index contributed by atoms with van der Waals surface area (Å²) in [6.07, 6.45) is -4.17. The van der Waals surface area contributed by atoms with E-state index in [1.165, 1.54) is 22.6 Å². The summed E-state index contributed by atoms with van der Waals surface area (Å²) in [6, 6.07) is 1.78. The lowest BCUT2D eigenvalue weighted by atomic mass is 10.0. The molecule has 1 rings (SSSR count). The van der Waals surface area contributed by atoms with Gasteiger partial charge in [0.05, 0.1) is 10.9 Å². The maximum atomic E-state index is 12.6. The second kappa shape index (κ2) is 5.47. The fraction of sp³-hybridized carbons (Fsp3) is 0.200. The van der Waals surface area contributed by atoms with E-state index in [0.29, 0.717) is 6.29 Å². The van der Waals surface area contributed by atoms with Crippen molar-refractivity contribution >= 4 is 50.6 Å². The Bertz CT molecular complexity index is 471. The molecular weight excluding hydrogens is 416 g/mol. The van der Waals surface area contributed by atoms with Crippen molar-refractivity contribution in [2.24, 2.45) is 0 Å². The molecule has 1 aromatic carbocycles. The Morgan fingerprint density at radius 1 is 1.41 bits per heavy atom. The first-order chi connectivity index (χ1) is 7.81. The first-order valence-corrected chi connectivity index (χ1v) is 6.46. The van der Waals surface area contributed by atoms with Crippen LogP contribution in [-0.4, -0.2) is 17.4 Å². The van der Waals surface area contributed by atoms with Crippen molar-refractivity contribution in [3.05, 3.63) is 32.4 Å². The summed E-state index contributed by atoms with van der Waals surface area (Å²) in [5.41, 5.74) is -1.16. The number of ketones is 1. The van der Waals surface area contributed by atoms with E-state index in [-0.39, 0.29) is 20.0 Å². The van der Waals surface area contributed by atoms with Crippen LogP contribution in [0.3, 0.4) is 0 Å². The summed E-state index contributed by atoms with van der Waals surface area (Å²) in [5.74, 6) is -0.561. The molecule has 0 saturated heterocycles. The molecule has 0 aromatic heterocycles. The van der Waals surface area contributed by atoms with Crippen LogP contribution < -0.4 is 0 Å². The molecular formula is C10H5BrF3IO2. The molecule has 0 heterocycles. The number of benzene rings is 1. The minimum atomic E-state index is -4.54. The molecule has 17 heavy (non-hydrogen) atoms. The standard InChI is InChI=1S/C10H5BrF3IO2/c11-3-9(17)6-2-7(10(12,13)14)8(15)1-5(6)4-16/h1-2,4H,3H2. The minimum absolute atomic E-state index is 0.0353. The lowest BCUT2D eigenvalue weighted by molar-refractivity contribution is -0.138. The molecule has 0 fully saturated rings. The van der Waals surface area contributed by atoms with Gasteiger partial charge in [-0.2, -0.15) is 13.2 Å². The van der Waals surface area contributed by atoms with Gasteiger partial charge in [0.15, 0.2) is 12.1 Å². The maximum Gasteiger partial charge on any atom is 0.417 e. The highest BCUT2D eigenvalue weighted by atomic mass is 127. The summed E-state index contributed by atoms with van der Waals surface area (Å²) in [5, 5.41) is -0.133. The normalized spacial score (nSPS) is 11.4. The van der Waals surface area contributed by atoms with E-state index in [0.717, 1.165) is 12.1 Å². The van der Waals surface area contributed by atoms with Crippen LogP contribution in [0.5, 0.6) is 0 Å². The minimum Gasteiger partial charge on any atom is -0.298 e. The Kier molecular flexibility index (Phi) is 4.70. The van der Waals surface area contributed by atoms with E-state index in [1.807, 2.05) is 0 Å². The molecule has 0 amide bonds. The van der Waals surface area contributed by atoms with Crippen molar-refractivity contribution in [1.29, 1.82) is 0 Å². The van der Waals surface area contributed by atoms with Gasteiger partial charge >= 0.3 is 6.18 Å². The molecule has 0 aliphatic carbocycles. The second-order valence-electron chi connectivity index (χ2n) is 3.09. The average Bonchev–Trinajstić information content (AvgIpc) is 2.25. The molecule has 0 radical (unpaired) electrons. The molecule has 0 bridgehead atoms. The van der Waals surface area contributed by atoms with E-state index in [1.54, 1.807) is 0 Å². The van der Waals surface area contributed by atoms with Crippen LogP contribution in [-0.2, 0) is 6.18 Å². The van der Waals surface area contributed by atoms with Crippen LogP contribution in [0.1, 0.15) is 26.3 Å². The van der Waals surface area contributed by atoms with Crippen LogP contribution >= 0.6 is 38.5 Å². The van der Waals surface area contributed by atoms with Crippen molar-refractivity contribution < 1.29 is 22.8 Å². The second-order valence-corrected chi connectivity index (χ2v) is 4.81. The molecule has 0 atom stereocenters. The number of aldehydes is 1. The number of carbonyl (C=O) groups is 2. The summed E-state index contributed by atoms with van der Waals surface area (Å²) >= 11 is 4.34. The molecule has 1 aromatic rings. The number of hydrogen-bond acceptors (Lipinski definition) is 2. The molecule has 0 spiro atoms. The number of alkyl halides is 4. The highest BCUT2D eigenvalue weighted by Crippen LogP contribution is 2.34. The molecule has 0 aliphatic rings. The topological polar surface area (TPSA) is 34.1 Å². The highest BCUT2D eigenvalue weighted by molar-refractivity contribution is 14.1. The molecule has 0 aliphatic heterocycles. The van der Waals surface area contributed by atoms with Crippen LogP contribution in [0.4, 0.5) is 13.2 Å². The van der Waals surface area contributed by atoms with Crippen LogP contribution in [0.15, 0.2) is 12.1 Å². The van der Waals surface area contributed by atoms with Crippen molar-refractivity contribution in [3.8, 4) is 0 Å². The Balaban J connectivity index is 3.48. The Morgan fingerprint density at radius 2 is 2.00 bits per heavy atom. The lowest BCUT2D eigenvalue weighted by Gasteiger charge is -2.12. The predicted molar refractivity (Wildman–Crippen MR) is 67.7 cm³/mol. The maximum absolute atomic E-state index is 12.6. The Morgan fingerprint density at radius 3 is 2.41 bits per heavy atom. The van der Waals surface area contributed by atoms with E-state index in [4.69, 9.17) is 0 Å². The number of Topliss-reactive ketones (excluding diaryl/α,β-unsaturated/α-hetero) is 1. The van der Waals surface area contributed by atoms with E-state index in [9.17, 15) is 22.8 Å². The Hall–Kier alpha value is -0.440. The monoisotopic (exact) mass is 420 g/mol. The van der Waals surface area contributed by atoms with E-state index in [2.05, 4.69) is 15.9 Å². The van der Waals surface area contributed by atoms with Crippen LogP contribution in [0.2, 0.25) is 0 Å². The van der Waals surface area contributed by atoms with Gasteiger partial charge in [-0.1, -0.05) is 15.9 Å². The highest BCUT2D eigenvalue weighted by Gasteiger charge is 2.34. The van der Waals surface area contributed by atoms with Gasteiger partial charge in [-0.15, -0.1) is 0 Å². The predicted octanol–water partition coefficient (Wildman–Crippen LogP) is 3.70. The fourth-order valence-electron chi connectivity index (χ4n) is 1.22. The van der Waals surface area contributed by atoms with Crippen molar-refractivity contribution in [1.82, 2.24) is 0 Å². The zero-order chi connectivity index (χ0) is 13.2. The third-order valence-corrected chi connectivity index (χ3v) is 3.40. The van der Waals surface area contributed by atoms with Gasteiger partial charge in [0.1, 0.15) is 0 Å². The van der Waals surface area contributed by atoms with Gasteiger partial charge < -0.3 is 0 Å². The molecule has 92 valence electrons. The number of carbonyl (C=O) groups excluding carboxylic acids is 2. The summed E-state index contributed by atoms with van der Waals surface area (Å²) in [7, 11) is 0. The van der Waals surface area contributed by atoms with E-state index < -0.39 is 17.5 Å². The van der Waals surface area contributed by atoms with Gasteiger partial charge in [-0.3, -0.25) is 9.59 Å². The smallest absolute Gasteiger partial charge is 0.298 e. The molecule has 0 saturated carbocycles. The molecule has 0 unspecified atom stereocenters. The van der Waals surface area contributed by atoms with Gasteiger partial charge in [0.2, 0.25) is 0 Å². The largest absolute Gasteiger partial charge is 0.417 e. The summed E-state index contributed by atoms with van der Waals surface area (Å²) in [6.45, 7) is 0. The fourth-order valence-corrected chi connectivity index (χ4v) is 2.32. The average molecular weight is 421 g/mol. The third kappa shape index (κ3) is 3.27. The molecule has 0 N–H and O–H groups in total. The van der Waals surface area contributed by atoms with Gasteiger partial charge in [0.25, 0.3) is 0 Å². The quantitative estimate of drug-likeness (QED) is 0.323. The zero-order valence-electron chi connectivity index (χ0n) is 8.15. The molecule has 2 nitrogen and oxygen atoms in total. The van der Waals surface area contributed by atoms with Gasteiger partial charge in [-0.05, 0) is 34.7 Å². The zero-order valence-corrected chi connectivity index (χ0v) is 11.9. The lowest BCUT2D eigenvalue weighted by Crippen LogP contribution is -2.13. The van der Waals surface area contributed by atoms with Crippen molar-refractivity contribution in [2.45, 2.75) is 6.18 Å². The summed E-state index contributed by atoms with van der Waals surface area (Å²) < 4.78 is 37.7. The number of hydrogen-bond donors (Lipinski definition) is 0. The summed E-state index contributed by atoms with van der Waals surface area (Å²) in [4.78, 5) is 22.1.